The molecule has 0 amide bonds. The standard InChI is InChI=1S/C8H14F3O2P/c1-2-3-4-5-6-14(12)13-7-8(9,10)11/h5-6,14H,2-4,7H2,1H3. The van der Waals surface area contributed by atoms with Crippen LogP contribution in [0.15, 0.2) is 11.9 Å². The van der Waals surface area contributed by atoms with Crippen LogP contribution in [0.5, 0.6) is 0 Å². The molecular weight excluding hydrogens is 216 g/mol. The number of halogens is 3. The second-order valence-electron chi connectivity index (χ2n) is 2.77. The summed E-state index contributed by atoms with van der Waals surface area (Å²) in [6.07, 6.45) is -0.152. The lowest BCUT2D eigenvalue weighted by Gasteiger charge is -2.04. The van der Waals surface area contributed by atoms with E-state index in [0.29, 0.717) is 0 Å². The first kappa shape index (κ1) is 13.7. The van der Waals surface area contributed by atoms with E-state index in [1.54, 1.807) is 6.08 Å². The molecule has 0 fully saturated rings. The minimum atomic E-state index is -4.41. The molecule has 0 aromatic carbocycles. The molecule has 0 N–H and O–H groups in total. The van der Waals surface area contributed by atoms with E-state index in [-0.39, 0.29) is 0 Å². The van der Waals surface area contributed by atoms with Gasteiger partial charge in [0.1, 0.15) is 6.61 Å². The highest BCUT2D eigenvalue weighted by Crippen LogP contribution is 2.28. The van der Waals surface area contributed by atoms with Crippen LogP contribution in [0.4, 0.5) is 13.2 Å². The summed E-state index contributed by atoms with van der Waals surface area (Å²) in [6.45, 7) is 0.556. The number of allylic oxidation sites excluding steroid dienone is 1. The highest BCUT2D eigenvalue weighted by Gasteiger charge is 2.28. The first-order valence-corrected chi connectivity index (χ1v) is 5.75. The van der Waals surface area contributed by atoms with Gasteiger partial charge in [-0.1, -0.05) is 25.8 Å². The van der Waals surface area contributed by atoms with Gasteiger partial charge in [-0.15, -0.1) is 0 Å². The van der Waals surface area contributed by atoms with Crippen molar-refractivity contribution in [2.75, 3.05) is 6.61 Å². The number of unbranched alkanes of at least 4 members (excludes halogenated alkanes) is 2. The lowest BCUT2D eigenvalue weighted by atomic mass is 10.2. The van der Waals surface area contributed by atoms with Crippen molar-refractivity contribution in [3.05, 3.63) is 11.9 Å². The minimum absolute atomic E-state index is 0.724. The molecule has 0 heterocycles. The molecule has 2 nitrogen and oxygen atoms in total. The summed E-state index contributed by atoms with van der Waals surface area (Å²) in [5.74, 6) is 1.21. The molecule has 0 bridgehead atoms. The van der Waals surface area contributed by atoms with Gasteiger partial charge < -0.3 is 4.52 Å². The minimum Gasteiger partial charge on any atom is -0.318 e. The fourth-order valence-corrected chi connectivity index (χ4v) is 1.46. The Morgan fingerprint density at radius 2 is 2.07 bits per heavy atom. The Bertz CT molecular complexity index is 201. The fraction of sp³-hybridized carbons (Fsp3) is 0.750. The fourth-order valence-electron chi connectivity index (χ4n) is 0.703. The Morgan fingerprint density at radius 1 is 1.43 bits per heavy atom. The predicted molar refractivity (Wildman–Crippen MR) is 49.7 cm³/mol. The van der Waals surface area contributed by atoms with Crippen molar-refractivity contribution in [2.24, 2.45) is 0 Å². The Balaban J connectivity index is 3.60. The lowest BCUT2D eigenvalue weighted by Crippen LogP contribution is -2.14. The van der Waals surface area contributed by atoms with Crippen molar-refractivity contribution in [1.29, 1.82) is 0 Å². The molecule has 0 aliphatic rings. The highest BCUT2D eigenvalue weighted by molar-refractivity contribution is 7.42. The average Bonchev–Trinajstić information content (AvgIpc) is 2.08. The van der Waals surface area contributed by atoms with Gasteiger partial charge in [0.2, 0.25) is 8.03 Å². The maximum Gasteiger partial charge on any atom is 0.412 e. The van der Waals surface area contributed by atoms with E-state index in [0.717, 1.165) is 19.3 Å². The van der Waals surface area contributed by atoms with Gasteiger partial charge in [0.05, 0.1) is 0 Å². The van der Waals surface area contributed by atoms with Gasteiger partial charge in [0.25, 0.3) is 0 Å². The number of rotatable bonds is 6. The summed E-state index contributed by atoms with van der Waals surface area (Å²) in [7, 11) is -2.65. The molecule has 14 heavy (non-hydrogen) atoms. The summed E-state index contributed by atoms with van der Waals surface area (Å²) in [4.78, 5) is 0. The number of hydrogen-bond donors (Lipinski definition) is 0. The van der Waals surface area contributed by atoms with Crippen LogP contribution in [0.2, 0.25) is 0 Å². The van der Waals surface area contributed by atoms with Gasteiger partial charge in [-0.2, -0.15) is 13.2 Å². The topological polar surface area (TPSA) is 26.3 Å². The van der Waals surface area contributed by atoms with Gasteiger partial charge >= 0.3 is 6.18 Å². The second-order valence-corrected chi connectivity index (χ2v) is 4.03. The van der Waals surface area contributed by atoms with Gasteiger partial charge in [-0.25, -0.2) is 0 Å². The molecule has 0 aliphatic heterocycles. The molecular formula is C8H14F3O2P. The average molecular weight is 230 g/mol. The highest BCUT2D eigenvalue weighted by atomic mass is 31.1. The van der Waals surface area contributed by atoms with Crippen LogP contribution in [0, 0.1) is 0 Å². The van der Waals surface area contributed by atoms with Crippen LogP contribution < -0.4 is 0 Å². The molecule has 84 valence electrons. The quantitative estimate of drug-likeness (QED) is 0.513. The Labute approximate surface area is 82.0 Å². The molecule has 0 aromatic rings. The van der Waals surface area contributed by atoms with E-state index in [1.807, 2.05) is 6.92 Å². The molecule has 1 atom stereocenters. The zero-order chi connectivity index (χ0) is 11.0. The van der Waals surface area contributed by atoms with Gasteiger partial charge in [0, 0.05) is 0 Å². The lowest BCUT2D eigenvalue weighted by molar-refractivity contribution is -0.152. The molecule has 0 rings (SSSR count). The largest absolute Gasteiger partial charge is 0.412 e. The van der Waals surface area contributed by atoms with Crippen LogP contribution in [0.1, 0.15) is 26.2 Å². The van der Waals surface area contributed by atoms with Crippen molar-refractivity contribution >= 4 is 8.03 Å². The predicted octanol–water partition coefficient (Wildman–Crippen LogP) is 3.74. The van der Waals surface area contributed by atoms with Gasteiger partial charge in [0.15, 0.2) is 0 Å². The van der Waals surface area contributed by atoms with E-state index < -0.39 is 20.8 Å². The zero-order valence-corrected chi connectivity index (χ0v) is 8.93. The Kier molecular flexibility index (Phi) is 6.93. The Hall–Kier alpha value is -0.280. The van der Waals surface area contributed by atoms with Crippen LogP contribution in [-0.4, -0.2) is 12.8 Å². The van der Waals surface area contributed by atoms with E-state index in [4.69, 9.17) is 0 Å². The van der Waals surface area contributed by atoms with Crippen molar-refractivity contribution in [3.63, 3.8) is 0 Å². The van der Waals surface area contributed by atoms with Crippen molar-refractivity contribution in [2.45, 2.75) is 32.4 Å². The molecule has 1 unspecified atom stereocenters. The van der Waals surface area contributed by atoms with E-state index >= 15 is 0 Å². The monoisotopic (exact) mass is 230 g/mol. The number of alkyl halides is 3. The molecule has 0 spiro atoms. The summed E-state index contributed by atoms with van der Waals surface area (Å²) >= 11 is 0. The zero-order valence-electron chi connectivity index (χ0n) is 7.93. The third-order valence-electron chi connectivity index (χ3n) is 1.36. The first-order valence-electron chi connectivity index (χ1n) is 4.35. The summed E-state index contributed by atoms with van der Waals surface area (Å²) in [5.41, 5.74) is 0. The van der Waals surface area contributed by atoms with E-state index in [9.17, 15) is 17.7 Å². The third kappa shape index (κ3) is 9.81. The summed E-state index contributed by atoms with van der Waals surface area (Å²) in [5, 5.41) is 0. The van der Waals surface area contributed by atoms with E-state index in [1.165, 1.54) is 5.82 Å². The van der Waals surface area contributed by atoms with Crippen molar-refractivity contribution in [3.8, 4) is 0 Å². The molecule has 0 radical (unpaired) electrons. The second kappa shape index (κ2) is 7.07. The van der Waals surface area contributed by atoms with Gasteiger partial charge in [-0.05, 0) is 12.2 Å². The molecule has 6 heteroatoms. The number of hydrogen-bond acceptors (Lipinski definition) is 2. The third-order valence-corrected chi connectivity index (χ3v) is 2.29. The molecule has 0 saturated carbocycles. The Morgan fingerprint density at radius 3 is 2.57 bits per heavy atom. The first-order chi connectivity index (χ1) is 6.45. The van der Waals surface area contributed by atoms with Crippen LogP contribution in [0.3, 0.4) is 0 Å². The van der Waals surface area contributed by atoms with Crippen LogP contribution in [0.25, 0.3) is 0 Å². The SMILES string of the molecule is CCCCC=C[PH](=O)OCC(F)(F)F. The summed E-state index contributed by atoms with van der Waals surface area (Å²) in [6, 6.07) is 0. The van der Waals surface area contributed by atoms with Crippen LogP contribution in [-0.2, 0) is 9.09 Å². The normalized spacial score (nSPS) is 14.9. The maximum atomic E-state index is 11.6. The van der Waals surface area contributed by atoms with Crippen LogP contribution >= 0.6 is 8.03 Å². The van der Waals surface area contributed by atoms with Gasteiger partial charge in [-0.3, -0.25) is 4.57 Å². The summed E-state index contributed by atoms with van der Waals surface area (Å²) < 4.78 is 49.7. The molecule has 0 aromatic heterocycles. The maximum absolute atomic E-state index is 11.6. The van der Waals surface area contributed by atoms with E-state index in [2.05, 4.69) is 4.52 Å². The van der Waals surface area contributed by atoms with Crippen molar-refractivity contribution < 1.29 is 22.3 Å². The molecule has 0 saturated heterocycles. The van der Waals surface area contributed by atoms with Crippen molar-refractivity contribution in [1.82, 2.24) is 0 Å². The molecule has 0 aliphatic carbocycles. The smallest absolute Gasteiger partial charge is 0.318 e.